The Morgan fingerprint density at radius 2 is 1.87 bits per heavy atom. The van der Waals surface area contributed by atoms with Gasteiger partial charge in [0.05, 0.1) is 0 Å². The highest BCUT2D eigenvalue weighted by Gasteiger charge is 2.22. The third-order valence-electron chi connectivity index (χ3n) is 2.47. The zero-order valence-corrected chi connectivity index (χ0v) is 10.5. The van der Waals surface area contributed by atoms with Gasteiger partial charge in [-0.15, -0.1) is 0 Å². The van der Waals surface area contributed by atoms with Crippen molar-refractivity contribution in [3.8, 4) is 0 Å². The second kappa shape index (κ2) is 7.82. The molecule has 4 nitrogen and oxygen atoms in total. The summed E-state index contributed by atoms with van der Waals surface area (Å²) >= 11 is 0. The molecule has 0 saturated carbocycles. The van der Waals surface area contributed by atoms with Gasteiger partial charge < -0.3 is 10.0 Å². The molecule has 5 heteroatoms. The summed E-state index contributed by atoms with van der Waals surface area (Å²) < 4.78 is 11.7. The first-order chi connectivity index (χ1) is 7.06. The molecule has 0 aliphatic heterocycles. The van der Waals surface area contributed by atoms with Crippen LogP contribution in [-0.2, 0) is 15.6 Å². The van der Waals surface area contributed by atoms with E-state index in [0.717, 1.165) is 13.1 Å². The Morgan fingerprint density at radius 3 is 2.20 bits per heavy atom. The highest BCUT2D eigenvalue weighted by molar-refractivity contribution is 7.86. The third kappa shape index (κ3) is 5.28. The SMILES string of the molecule is CCC(C(=O)O)S(=O)CCN(CC)CC. The van der Waals surface area contributed by atoms with Crippen LogP contribution in [0.1, 0.15) is 27.2 Å². The summed E-state index contributed by atoms with van der Waals surface area (Å²) in [7, 11) is -1.25. The zero-order valence-electron chi connectivity index (χ0n) is 9.73. The van der Waals surface area contributed by atoms with Crippen molar-refractivity contribution in [2.24, 2.45) is 0 Å². The maximum Gasteiger partial charge on any atom is 0.319 e. The van der Waals surface area contributed by atoms with Gasteiger partial charge in [-0.05, 0) is 19.5 Å². The van der Waals surface area contributed by atoms with Gasteiger partial charge in [-0.1, -0.05) is 20.8 Å². The predicted octanol–water partition coefficient (Wildman–Crippen LogP) is 0.940. The van der Waals surface area contributed by atoms with E-state index >= 15 is 0 Å². The standard InChI is InChI=1S/C10H21NO3S/c1-4-9(10(12)13)15(14)8-7-11(5-2)6-3/h9H,4-8H2,1-3H3,(H,12,13). The van der Waals surface area contributed by atoms with Crippen LogP contribution in [0.2, 0.25) is 0 Å². The zero-order chi connectivity index (χ0) is 11.8. The number of nitrogens with zero attached hydrogens (tertiary/aromatic N) is 1. The molecule has 0 saturated heterocycles. The summed E-state index contributed by atoms with van der Waals surface area (Å²) in [6.45, 7) is 8.38. The number of hydrogen-bond donors (Lipinski definition) is 1. The van der Waals surface area contributed by atoms with Gasteiger partial charge in [0.25, 0.3) is 0 Å². The van der Waals surface area contributed by atoms with Gasteiger partial charge in [-0.25, -0.2) is 0 Å². The van der Waals surface area contributed by atoms with E-state index in [-0.39, 0.29) is 0 Å². The van der Waals surface area contributed by atoms with Crippen molar-refractivity contribution >= 4 is 16.8 Å². The lowest BCUT2D eigenvalue weighted by molar-refractivity contribution is -0.136. The minimum absolute atomic E-state index is 0.431. The minimum Gasteiger partial charge on any atom is -0.480 e. The molecule has 2 atom stereocenters. The van der Waals surface area contributed by atoms with E-state index in [1.165, 1.54) is 0 Å². The van der Waals surface area contributed by atoms with Crippen LogP contribution >= 0.6 is 0 Å². The van der Waals surface area contributed by atoms with Gasteiger partial charge in [0.15, 0.2) is 0 Å². The molecular formula is C10H21NO3S. The summed E-state index contributed by atoms with van der Waals surface area (Å²) in [5.74, 6) is -0.498. The van der Waals surface area contributed by atoms with Crippen molar-refractivity contribution in [2.45, 2.75) is 32.4 Å². The quantitative estimate of drug-likeness (QED) is 0.680. The molecule has 0 heterocycles. The number of carboxylic acids is 1. The topological polar surface area (TPSA) is 57.6 Å². The van der Waals surface area contributed by atoms with Crippen molar-refractivity contribution in [3.05, 3.63) is 0 Å². The van der Waals surface area contributed by atoms with Crippen LogP contribution in [0.25, 0.3) is 0 Å². The van der Waals surface area contributed by atoms with Crippen LogP contribution in [-0.4, -0.2) is 50.8 Å². The van der Waals surface area contributed by atoms with E-state index in [1.807, 2.05) is 13.8 Å². The molecule has 90 valence electrons. The van der Waals surface area contributed by atoms with Crippen LogP contribution in [0.15, 0.2) is 0 Å². The lowest BCUT2D eigenvalue weighted by atomic mass is 10.3. The molecule has 0 fully saturated rings. The summed E-state index contributed by atoms with van der Waals surface area (Å²) in [5, 5.41) is 8.11. The first-order valence-corrected chi connectivity index (χ1v) is 6.77. The normalized spacial score (nSPS) is 15.2. The van der Waals surface area contributed by atoms with Crippen molar-refractivity contribution in [3.63, 3.8) is 0 Å². The van der Waals surface area contributed by atoms with Crippen LogP contribution in [0.3, 0.4) is 0 Å². The Bertz CT molecular complexity index is 217. The summed E-state index contributed by atoms with van der Waals surface area (Å²) in [4.78, 5) is 12.9. The van der Waals surface area contributed by atoms with Gasteiger partial charge in [-0.3, -0.25) is 9.00 Å². The molecule has 0 amide bonds. The first kappa shape index (κ1) is 14.6. The summed E-state index contributed by atoms with van der Waals surface area (Å²) in [6, 6.07) is 0. The van der Waals surface area contributed by atoms with Crippen molar-refractivity contribution in [1.82, 2.24) is 4.90 Å². The van der Waals surface area contributed by atoms with Crippen LogP contribution in [0, 0.1) is 0 Å². The largest absolute Gasteiger partial charge is 0.480 e. The predicted molar refractivity (Wildman–Crippen MR) is 62.5 cm³/mol. The van der Waals surface area contributed by atoms with E-state index in [2.05, 4.69) is 4.90 Å². The molecule has 0 aromatic heterocycles. The Labute approximate surface area is 94.1 Å². The average molecular weight is 235 g/mol. The van der Waals surface area contributed by atoms with Gasteiger partial charge in [0.2, 0.25) is 0 Å². The number of carboxylic acid groups (broad SMARTS) is 1. The molecule has 0 aliphatic rings. The molecule has 2 unspecified atom stereocenters. The maximum atomic E-state index is 11.7. The molecule has 0 aliphatic carbocycles. The lowest BCUT2D eigenvalue weighted by Crippen LogP contribution is -2.33. The molecule has 0 rings (SSSR count). The monoisotopic (exact) mass is 235 g/mol. The fourth-order valence-electron chi connectivity index (χ4n) is 1.37. The number of rotatable bonds is 8. The third-order valence-corrected chi connectivity index (χ3v) is 4.22. The molecular weight excluding hydrogens is 214 g/mol. The molecule has 0 aromatic carbocycles. The van der Waals surface area contributed by atoms with Crippen molar-refractivity contribution < 1.29 is 14.1 Å². The van der Waals surface area contributed by atoms with E-state index < -0.39 is 22.0 Å². The van der Waals surface area contributed by atoms with E-state index in [4.69, 9.17) is 5.11 Å². The lowest BCUT2D eigenvalue weighted by Gasteiger charge is -2.18. The molecule has 0 aromatic rings. The minimum atomic E-state index is -1.25. The van der Waals surface area contributed by atoms with E-state index in [0.29, 0.717) is 18.7 Å². The molecule has 0 radical (unpaired) electrons. The van der Waals surface area contributed by atoms with Gasteiger partial charge in [-0.2, -0.15) is 0 Å². The Hall–Kier alpha value is -0.420. The summed E-state index contributed by atoms with van der Waals surface area (Å²) in [6.07, 6.45) is 0.431. The van der Waals surface area contributed by atoms with Crippen LogP contribution in [0.4, 0.5) is 0 Å². The van der Waals surface area contributed by atoms with Gasteiger partial charge in [0, 0.05) is 23.1 Å². The number of hydrogen-bond acceptors (Lipinski definition) is 3. The smallest absolute Gasteiger partial charge is 0.319 e. The molecule has 0 spiro atoms. The molecule has 0 bridgehead atoms. The first-order valence-electron chi connectivity index (χ1n) is 5.39. The van der Waals surface area contributed by atoms with Crippen molar-refractivity contribution in [2.75, 3.05) is 25.4 Å². The summed E-state index contributed by atoms with van der Waals surface area (Å²) in [5.41, 5.74) is 0. The highest BCUT2D eigenvalue weighted by atomic mass is 32.2. The maximum absolute atomic E-state index is 11.7. The van der Waals surface area contributed by atoms with Gasteiger partial charge >= 0.3 is 5.97 Å². The fourth-order valence-corrected chi connectivity index (χ4v) is 2.69. The van der Waals surface area contributed by atoms with E-state index in [9.17, 15) is 9.00 Å². The van der Waals surface area contributed by atoms with E-state index in [1.54, 1.807) is 6.92 Å². The Kier molecular flexibility index (Phi) is 7.60. The van der Waals surface area contributed by atoms with Gasteiger partial charge in [0.1, 0.15) is 5.25 Å². The molecule has 1 N–H and O–H groups in total. The second-order valence-corrected chi connectivity index (χ2v) is 5.09. The second-order valence-electron chi connectivity index (χ2n) is 3.35. The Balaban J connectivity index is 4.06. The highest BCUT2D eigenvalue weighted by Crippen LogP contribution is 2.03. The fraction of sp³-hybridized carbons (Fsp3) is 0.900. The Morgan fingerprint density at radius 1 is 1.33 bits per heavy atom. The van der Waals surface area contributed by atoms with Crippen LogP contribution < -0.4 is 0 Å². The average Bonchev–Trinajstić information content (AvgIpc) is 2.19. The number of aliphatic carboxylic acids is 1. The number of carbonyl (C=O) groups is 1. The molecule has 15 heavy (non-hydrogen) atoms. The van der Waals surface area contributed by atoms with Crippen molar-refractivity contribution in [1.29, 1.82) is 0 Å². The van der Waals surface area contributed by atoms with Crippen LogP contribution in [0.5, 0.6) is 0 Å².